The van der Waals surface area contributed by atoms with Gasteiger partial charge >= 0.3 is 0 Å². The summed E-state index contributed by atoms with van der Waals surface area (Å²) < 4.78 is 0. The van der Waals surface area contributed by atoms with Crippen LogP contribution in [0.4, 0.5) is 0 Å². The van der Waals surface area contributed by atoms with E-state index in [9.17, 15) is 4.79 Å². The maximum absolute atomic E-state index is 12.7. The summed E-state index contributed by atoms with van der Waals surface area (Å²) in [5.41, 5.74) is 2.18. The van der Waals surface area contributed by atoms with Gasteiger partial charge in [0.25, 0.3) is 5.91 Å². The first-order chi connectivity index (χ1) is 12.6. The van der Waals surface area contributed by atoms with E-state index in [1.807, 2.05) is 24.1 Å². The molecule has 0 radical (unpaired) electrons. The van der Waals surface area contributed by atoms with Crippen LogP contribution < -0.4 is 0 Å². The molecule has 0 spiro atoms. The molecule has 134 valence electrons. The molecule has 0 aliphatic carbocycles. The fourth-order valence-electron chi connectivity index (χ4n) is 3.70. The summed E-state index contributed by atoms with van der Waals surface area (Å²) in [6.45, 7) is 5.10. The third-order valence-electron chi connectivity index (χ3n) is 5.12. The van der Waals surface area contributed by atoms with Crippen molar-refractivity contribution in [2.24, 2.45) is 5.92 Å². The van der Waals surface area contributed by atoms with Crippen molar-refractivity contribution in [2.45, 2.75) is 25.9 Å². The van der Waals surface area contributed by atoms with Crippen LogP contribution in [0.2, 0.25) is 0 Å². The first kappa shape index (κ1) is 18.1. The average Bonchev–Trinajstić information content (AvgIpc) is 2.68. The van der Waals surface area contributed by atoms with Crippen molar-refractivity contribution in [3.05, 3.63) is 65.5 Å². The number of aromatic nitrogens is 1. The van der Waals surface area contributed by atoms with Crippen LogP contribution in [0, 0.1) is 17.2 Å². The maximum atomic E-state index is 12.7. The number of nitriles is 1. The van der Waals surface area contributed by atoms with Gasteiger partial charge in [0, 0.05) is 38.9 Å². The molecule has 1 aliphatic rings. The number of hydrogen-bond acceptors (Lipinski definition) is 4. The van der Waals surface area contributed by atoms with Crippen LogP contribution >= 0.6 is 0 Å². The standard InChI is InChI=1S/C21H24N4O/c1-16-14-25(15-17-6-4-3-5-7-17)11-10-20(16)24(2)21(26)19-9-8-18(12-22)13-23-19/h3-9,13,16,20H,10-11,14-15H2,1-2H3/t16-,20-/m0/s1. The molecule has 2 atom stereocenters. The zero-order chi connectivity index (χ0) is 18.5. The Morgan fingerprint density at radius 3 is 2.69 bits per heavy atom. The van der Waals surface area contributed by atoms with Crippen molar-refractivity contribution in [3.8, 4) is 6.07 Å². The Kier molecular flexibility index (Phi) is 5.65. The largest absolute Gasteiger partial charge is 0.337 e. The van der Waals surface area contributed by atoms with Crippen LogP contribution in [0.5, 0.6) is 0 Å². The Bertz CT molecular complexity index is 782. The van der Waals surface area contributed by atoms with Crippen LogP contribution in [-0.2, 0) is 6.54 Å². The molecule has 3 rings (SSSR count). The molecule has 26 heavy (non-hydrogen) atoms. The highest BCUT2D eigenvalue weighted by Gasteiger charge is 2.31. The number of benzene rings is 1. The van der Waals surface area contributed by atoms with E-state index < -0.39 is 0 Å². The second-order valence-electron chi connectivity index (χ2n) is 7.01. The number of hydrogen-bond donors (Lipinski definition) is 0. The first-order valence-corrected chi connectivity index (χ1v) is 8.98. The van der Waals surface area contributed by atoms with E-state index in [4.69, 9.17) is 5.26 Å². The van der Waals surface area contributed by atoms with E-state index in [2.05, 4.69) is 41.1 Å². The monoisotopic (exact) mass is 348 g/mol. The van der Waals surface area contributed by atoms with Crippen molar-refractivity contribution in [1.29, 1.82) is 5.26 Å². The van der Waals surface area contributed by atoms with Gasteiger partial charge in [0.05, 0.1) is 5.56 Å². The summed E-state index contributed by atoms with van der Waals surface area (Å²) in [6.07, 6.45) is 2.40. The van der Waals surface area contributed by atoms with Crippen molar-refractivity contribution in [1.82, 2.24) is 14.8 Å². The molecule has 0 unspecified atom stereocenters. The SMILES string of the molecule is C[C@H]1CN(Cc2ccccc2)CC[C@@H]1N(C)C(=O)c1ccc(C#N)cn1. The highest BCUT2D eigenvalue weighted by atomic mass is 16.2. The molecule has 2 aromatic rings. The van der Waals surface area contributed by atoms with Gasteiger partial charge < -0.3 is 4.90 Å². The van der Waals surface area contributed by atoms with E-state index in [1.54, 1.807) is 12.1 Å². The Balaban J connectivity index is 1.61. The van der Waals surface area contributed by atoms with Crippen LogP contribution in [0.1, 0.15) is 35.0 Å². The van der Waals surface area contributed by atoms with Crippen molar-refractivity contribution in [3.63, 3.8) is 0 Å². The highest BCUT2D eigenvalue weighted by Crippen LogP contribution is 2.23. The highest BCUT2D eigenvalue weighted by molar-refractivity contribution is 5.92. The summed E-state index contributed by atoms with van der Waals surface area (Å²) in [7, 11) is 1.86. The molecular weight excluding hydrogens is 324 g/mol. The van der Waals surface area contributed by atoms with Crippen LogP contribution in [0.3, 0.4) is 0 Å². The van der Waals surface area contributed by atoms with E-state index in [1.165, 1.54) is 11.8 Å². The van der Waals surface area contributed by atoms with Gasteiger partial charge in [-0.05, 0) is 30.0 Å². The molecule has 5 nitrogen and oxygen atoms in total. The second-order valence-corrected chi connectivity index (χ2v) is 7.01. The predicted molar refractivity (Wildman–Crippen MR) is 100 cm³/mol. The fraction of sp³-hybridized carbons (Fsp3) is 0.381. The third kappa shape index (κ3) is 4.09. The number of nitrogens with zero attached hydrogens (tertiary/aromatic N) is 4. The molecule has 1 amide bonds. The quantitative estimate of drug-likeness (QED) is 0.852. The Labute approximate surface area is 154 Å². The molecule has 0 N–H and O–H groups in total. The number of likely N-dealkylation sites (tertiary alicyclic amines) is 1. The average molecular weight is 348 g/mol. The second kappa shape index (κ2) is 8.11. The molecule has 1 aromatic heterocycles. The zero-order valence-electron chi connectivity index (χ0n) is 15.3. The van der Waals surface area contributed by atoms with E-state index in [-0.39, 0.29) is 11.9 Å². The van der Waals surface area contributed by atoms with Crippen LogP contribution in [-0.4, -0.2) is 46.9 Å². The molecular formula is C21H24N4O. The molecule has 2 heterocycles. The lowest BCUT2D eigenvalue weighted by atomic mass is 9.92. The number of piperidine rings is 1. The van der Waals surface area contributed by atoms with Crippen molar-refractivity contribution < 1.29 is 4.79 Å². The lowest BCUT2D eigenvalue weighted by molar-refractivity contribution is 0.0493. The van der Waals surface area contributed by atoms with E-state index in [0.29, 0.717) is 17.2 Å². The van der Waals surface area contributed by atoms with E-state index in [0.717, 1.165) is 26.1 Å². The van der Waals surface area contributed by atoms with Crippen molar-refractivity contribution in [2.75, 3.05) is 20.1 Å². The summed E-state index contributed by atoms with van der Waals surface area (Å²) in [6, 6.07) is 16.0. The van der Waals surface area contributed by atoms with Crippen LogP contribution in [0.15, 0.2) is 48.7 Å². The summed E-state index contributed by atoms with van der Waals surface area (Å²) in [4.78, 5) is 21.1. The van der Waals surface area contributed by atoms with Gasteiger partial charge in [-0.25, -0.2) is 4.98 Å². The Morgan fingerprint density at radius 2 is 2.08 bits per heavy atom. The van der Waals surface area contributed by atoms with Gasteiger partial charge in [-0.2, -0.15) is 5.26 Å². The minimum atomic E-state index is -0.0807. The zero-order valence-corrected chi connectivity index (χ0v) is 15.3. The smallest absolute Gasteiger partial charge is 0.272 e. The van der Waals surface area contributed by atoms with Gasteiger partial charge in [-0.3, -0.25) is 9.69 Å². The van der Waals surface area contributed by atoms with Gasteiger partial charge in [-0.1, -0.05) is 37.3 Å². The number of carbonyl (C=O) groups is 1. The maximum Gasteiger partial charge on any atom is 0.272 e. The molecule has 1 aromatic carbocycles. The van der Waals surface area contributed by atoms with E-state index >= 15 is 0 Å². The minimum Gasteiger partial charge on any atom is -0.337 e. The summed E-state index contributed by atoms with van der Waals surface area (Å²) in [5.74, 6) is 0.308. The Morgan fingerprint density at radius 1 is 1.31 bits per heavy atom. The lowest BCUT2D eigenvalue weighted by Crippen LogP contribution is -2.50. The number of carbonyl (C=O) groups excluding carboxylic acids is 1. The lowest BCUT2D eigenvalue weighted by Gasteiger charge is -2.41. The topological polar surface area (TPSA) is 60.2 Å². The number of rotatable bonds is 4. The van der Waals surface area contributed by atoms with Crippen molar-refractivity contribution >= 4 is 5.91 Å². The predicted octanol–water partition coefficient (Wildman–Crippen LogP) is 2.94. The van der Waals surface area contributed by atoms with Gasteiger partial charge in [-0.15, -0.1) is 0 Å². The molecule has 1 fully saturated rings. The minimum absolute atomic E-state index is 0.0807. The van der Waals surface area contributed by atoms with Gasteiger partial charge in [0.1, 0.15) is 11.8 Å². The van der Waals surface area contributed by atoms with Gasteiger partial charge in [0.15, 0.2) is 0 Å². The fourth-order valence-corrected chi connectivity index (χ4v) is 3.70. The Hall–Kier alpha value is -2.71. The third-order valence-corrected chi connectivity index (χ3v) is 5.12. The van der Waals surface area contributed by atoms with Crippen LogP contribution in [0.25, 0.3) is 0 Å². The molecule has 0 saturated carbocycles. The molecule has 1 saturated heterocycles. The van der Waals surface area contributed by atoms with Gasteiger partial charge in [0.2, 0.25) is 0 Å². The molecule has 5 heteroatoms. The molecule has 1 aliphatic heterocycles. The summed E-state index contributed by atoms with van der Waals surface area (Å²) in [5, 5.41) is 8.86. The number of amides is 1. The number of pyridine rings is 1. The summed E-state index contributed by atoms with van der Waals surface area (Å²) >= 11 is 0. The molecule has 0 bridgehead atoms. The normalized spacial score (nSPS) is 20.3. The first-order valence-electron chi connectivity index (χ1n) is 8.98.